The second kappa shape index (κ2) is 4.11. The summed E-state index contributed by atoms with van der Waals surface area (Å²) in [4.78, 5) is 10.7. The first-order chi connectivity index (χ1) is 7.87. The van der Waals surface area contributed by atoms with Crippen LogP contribution in [-0.4, -0.2) is 50.3 Å². The fourth-order valence-electron chi connectivity index (χ4n) is 1.96. The lowest BCUT2D eigenvalue weighted by Crippen LogP contribution is -2.69. The molecule has 8 heteroatoms. The summed E-state index contributed by atoms with van der Waals surface area (Å²) in [5, 5.41) is 2.60. The molecule has 0 aromatic rings. The molecule has 2 rings (SSSR count). The first-order valence-corrected chi connectivity index (χ1v) is 5.05. The van der Waals surface area contributed by atoms with Crippen LogP contribution in [0.4, 0.5) is 13.2 Å². The molecule has 2 saturated heterocycles. The van der Waals surface area contributed by atoms with Gasteiger partial charge in [-0.15, -0.1) is 0 Å². The second-order valence-electron chi connectivity index (χ2n) is 4.10. The van der Waals surface area contributed by atoms with Crippen molar-refractivity contribution >= 4 is 5.97 Å². The maximum absolute atomic E-state index is 12.0. The van der Waals surface area contributed by atoms with Crippen molar-refractivity contribution in [2.45, 2.75) is 30.5 Å². The summed E-state index contributed by atoms with van der Waals surface area (Å²) in [6, 6.07) is 0. The van der Waals surface area contributed by atoms with Crippen LogP contribution in [0.3, 0.4) is 0 Å². The van der Waals surface area contributed by atoms with E-state index in [2.05, 4.69) is 10.1 Å². The molecule has 1 N–H and O–H groups in total. The van der Waals surface area contributed by atoms with Gasteiger partial charge in [0, 0.05) is 20.1 Å². The number of hydrogen-bond donors (Lipinski definition) is 1. The average molecular weight is 255 g/mol. The molecule has 0 amide bonds. The molecule has 3 atom stereocenters. The molecular weight excluding hydrogens is 243 g/mol. The Morgan fingerprint density at radius 2 is 2.24 bits per heavy atom. The lowest BCUT2D eigenvalue weighted by molar-refractivity contribution is -0.233. The van der Waals surface area contributed by atoms with Crippen LogP contribution in [0.15, 0.2) is 0 Å². The third-order valence-electron chi connectivity index (χ3n) is 2.98. The zero-order valence-electron chi connectivity index (χ0n) is 9.04. The Morgan fingerprint density at radius 3 is 2.65 bits per heavy atom. The van der Waals surface area contributed by atoms with Crippen molar-refractivity contribution in [1.82, 2.24) is 5.32 Å². The second-order valence-corrected chi connectivity index (χ2v) is 4.10. The van der Waals surface area contributed by atoms with E-state index in [-0.39, 0.29) is 12.7 Å². The number of carbonyl (C=O) groups is 1. The Morgan fingerprint density at radius 1 is 1.53 bits per heavy atom. The summed E-state index contributed by atoms with van der Waals surface area (Å²) in [6.07, 6.45) is -5.81. The van der Waals surface area contributed by atoms with Gasteiger partial charge in [-0.25, -0.2) is 4.79 Å². The number of halogens is 3. The van der Waals surface area contributed by atoms with E-state index in [4.69, 9.17) is 9.47 Å². The summed E-state index contributed by atoms with van der Waals surface area (Å²) in [6.45, 7) is 0.640. The van der Waals surface area contributed by atoms with Crippen LogP contribution >= 0.6 is 0 Å². The third kappa shape index (κ3) is 2.24. The number of rotatable bonds is 2. The normalized spacial score (nSPS) is 36.9. The van der Waals surface area contributed by atoms with Gasteiger partial charge in [-0.05, 0) is 0 Å². The monoisotopic (exact) mass is 255 g/mol. The number of methoxy groups -OCH3 is 1. The molecule has 98 valence electrons. The SMILES string of the molecule is CO[C@@H]1COC2(CNC2OC(=O)C(F)(F)F)C1. The molecule has 1 spiro atoms. The maximum atomic E-state index is 12.0. The van der Waals surface area contributed by atoms with Crippen LogP contribution in [-0.2, 0) is 19.0 Å². The molecular formula is C9H12F3NO4. The van der Waals surface area contributed by atoms with E-state index in [1.807, 2.05) is 0 Å². The van der Waals surface area contributed by atoms with Crippen molar-refractivity contribution < 1.29 is 32.2 Å². The molecule has 5 nitrogen and oxygen atoms in total. The van der Waals surface area contributed by atoms with Crippen molar-refractivity contribution in [3.63, 3.8) is 0 Å². The fraction of sp³-hybridized carbons (Fsp3) is 0.889. The molecule has 0 radical (unpaired) electrons. The van der Waals surface area contributed by atoms with Crippen molar-refractivity contribution in [1.29, 1.82) is 0 Å². The van der Waals surface area contributed by atoms with Crippen LogP contribution in [0.25, 0.3) is 0 Å². The number of esters is 1. The van der Waals surface area contributed by atoms with Gasteiger partial charge in [0.2, 0.25) is 0 Å². The maximum Gasteiger partial charge on any atom is 0.490 e. The average Bonchev–Trinajstić information content (AvgIpc) is 2.69. The quantitative estimate of drug-likeness (QED) is 0.714. The van der Waals surface area contributed by atoms with Crippen LogP contribution < -0.4 is 5.32 Å². The van der Waals surface area contributed by atoms with Gasteiger partial charge in [-0.1, -0.05) is 0 Å². The van der Waals surface area contributed by atoms with E-state index < -0.39 is 24.0 Å². The van der Waals surface area contributed by atoms with Gasteiger partial charge in [0.1, 0.15) is 5.60 Å². The zero-order valence-corrected chi connectivity index (χ0v) is 9.04. The minimum Gasteiger partial charge on any atom is -0.437 e. The van der Waals surface area contributed by atoms with Crippen molar-refractivity contribution in [3.05, 3.63) is 0 Å². The van der Waals surface area contributed by atoms with E-state index in [0.717, 1.165) is 0 Å². The van der Waals surface area contributed by atoms with Crippen LogP contribution in [0.2, 0.25) is 0 Å². The number of carbonyl (C=O) groups excluding carboxylic acids is 1. The van der Waals surface area contributed by atoms with E-state index >= 15 is 0 Å². The number of nitrogens with one attached hydrogen (secondary N) is 1. The van der Waals surface area contributed by atoms with Crippen LogP contribution in [0.5, 0.6) is 0 Å². The molecule has 0 aromatic carbocycles. The Labute approximate surface area is 95.2 Å². The molecule has 2 fully saturated rings. The highest BCUT2D eigenvalue weighted by Crippen LogP contribution is 2.37. The molecule has 2 unspecified atom stereocenters. The third-order valence-corrected chi connectivity index (χ3v) is 2.98. The first kappa shape index (κ1) is 12.6. The molecule has 17 heavy (non-hydrogen) atoms. The van der Waals surface area contributed by atoms with E-state index in [9.17, 15) is 18.0 Å². The Bertz CT molecular complexity index is 322. The molecule has 0 aromatic heterocycles. The first-order valence-electron chi connectivity index (χ1n) is 5.05. The van der Waals surface area contributed by atoms with Crippen LogP contribution in [0, 0.1) is 0 Å². The van der Waals surface area contributed by atoms with Crippen molar-refractivity contribution in [3.8, 4) is 0 Å². The standard InChI is InChI=1S/C9H12F3NO4/c1-15-5-2-8(16-3-5)4-13-6(8)17-7(14)9(10,11)12/h5-6,13H,2-4H2,1H3/t5-,6?,8?/m0/s1. The number of hydrogen-bond acceptors (Lipinski definition) is 5. The van der Waals surface area contributed by atoms with Crippen molar-refractivity contribution in [2.24, 2.45) is 0 Å². The summed E-state index contributed by atoms with van der Waals surface area (Å²) < 4.78 is 50.8. The van der Waals surface area contributed by atoms with Gasteiger partial charge in [0.05, 0.1) is 12.7 Å². The molecule has 2 aliphatic rings. The smallest absolute Gasteiger partial charge is 0.437 e. The summed E-state index contributed by atoms with van der Waals surface area (Å²) in [5.41, 5.74) is -0.873. The van der Waals surface area contributed by atoms with Crippen molar-refractivity contribution in [2.75, 3.05) is 20.3 Å². The minimum atomic E-state index is -4.99. The predicted molar refractivity (Wildman–Crippen MR) is 48.0 cm³/mol. The zero-order chi connectivity index (χ0) is 12.7. The van der Waals surface area contributed by atoms with E-state index in [0.29, 0.717) is 13.0 Å². The Hall–Kier alpha value is -0.860. The van der Waals surface area contributed by atoms with Gasteiger partial charge in [0.25, 0.3) is 0 Å². The molecule has 2 heterocycles. The molecule has 2 aliphatic heterocycles. The summed E-state index contributed by atoms with van der Waals surface area (Å²) in [7, 11) is 1.50. The van der Waals surface area contributed by atoms with Gasteiger partial charge in [-0.3, -0.25) is 5.32 Å². The summed E-state index contributed by atoms with van der Waals surface area (Å²) >= 11 is 0. The van der Waals surface area contributed by atoms with Gasteiger partial charge in [-0.2, -0.15) is 13.2 Å². The Balaban J connectivity index is 1.94. The number of alkyl halides is 3. The lowest BCUT2D eigenvalue weighted by atomic mass is 9.90. The summed E-state index contributed by atoms with van der Waals surface area (Å²) in [5.74, 6) is -2.21. The molecule has 0 saturated carbocycles. The van der Waals surface area contributed by atoms with Gasteiger partial charge >= 0.3 is 12.1 Å². The predicted octanol–water partition coefficient (Wildman–Crippen LogP) is 0.195. The van der Waals surface area contributed by atoms with E-state index in [1.165, 1.54) is 7.11 Å². The lowest BCUT2D eigenvalue weighted by Gasteiger charge is -2.45. The topological polar surface area (TPSA) is 56.8 Å². The highest BCUT2D eigenvalue weighted by atomic mass is 19.4. The number of ether oxygens (including phenoxy) is 3. The fourth-order valence-corrected chi connectivity index (χ4v) is 1.96. The van der Waals surface area contributed by atoms with Gasteiger partial charge < -0.3 is 14.2 Å². The van der Waals surface area contributed by atoms with Crippen LogP contribution in [0.1, 0.15) is 6.42 Å². The molecule has 0 bridgehead atoms. The van der Waals surface area contributed by atoms with Gasteiger partial charge in [0.15, 0.2) is 6.23 Å². The highest BCUT2D eigenvalue weighted by Gasteiger charge is 2.57. The highest BCUT2D eigenvalue weighted by molar-refractivity contribution is 5.75. The Kier molecular flexibility index (Phi) is 3.04. The largest absolute Gasteiger partial charge is 0.490 e. The van der Waals surface area contributed by atoms with E-state index in [1.54, 1.807) is 0 Å². The minimum absolute atomic E-state index is 0.177. The molecule has 0 aliphatic carbocycles.